The van der Waals surface area contributed by atoms with Crippen molar-refractivity contribution in [3.05, 3.63) is 30.4 Å². The highest BCUT2D eigenvalue weighted by molar-refractivity contribution is 5.95. The van der Waals surface area contributed by atoms with Gasteiger partial charge < -0.3 is 21.1 Å². The lowest BCUT2D eigenvalue weighted by atomic mass is 10.0. The molecule has 0 aromatic heterocycles. The number of nitrogens with one attached hydrogen (secondary N) is 2. The first-order chi connectivity index (χ1) is 9.70. The van der Waals surface area contributed by atoms with Gasteiger partial charge in [-0.2, -0.15) is 0 Å². The van der Waals surface area contributed by atoms with Crippen LogP contribution in [0.1, 0.15) is 18.4 Å². The molecule has 1 aliphatic rings. The van der Waals surface area contributed by atoms with Gasteiger partial charge in [0.05, 0.1) is 24.6 Å². The van der Waals surface area contributed by atoms with Gasteiger partial charge in [0.25, 0.3) is 0 Å². The lowest BCUT2D eigenvalue weighted by Crippen LogP contribution is -2.20. The number of nitrogens with two attached hydrogens (primary N) is 1. The molecule has 1 aromatic carbocycles. The number of anilines is 3. The van der Waals surface area contributed by atoms with Crippen molar-refractivity contribution in [1.82, 2.24) is 0 Å². The maximum Gasteiger partial charge on any atom is 0.224 e. The lowest BCUT2D eigenvalue weighted by molar-refractivity contribution is -0.116. The van der Waals surface area contributed by atoms with Crippen LogP contribution < -0.4 is 16.4 Å². The van der Waals surface area contributed by atoms with Crippen LogP contribution in [0.4, 0.5) is 17.1 Å². The van der Waals surface area contributed by atoms with E-state index in [1.807, 2.05) is 18.2 Å². The molecular formula is C15H21N3O2. The van der Waals surface area contributed by atoms with Gasteiger partial charge in [0, 0.05) is 18.7 Å². The van der Waals surface area contributed by atoms with Crippen molar-refractivity contribution in [2.75, 3.05) is 36.1 Å². The summed E-state index contributed by atoms with van der Waals surface area (Å²) in [6.45, 7) is 5.60. The Morgan fingerprint density at radius 3 is 3.05 bits per heavy atom. The molecule has 0 fully saturated rings. The van der Waals surface area contributed by atoms with E-state index >= 15 is 0 Å². The molecule has 4 N–H and O–H groups in total. The van der Waals surface area contributed by atoms with E-state index in [-0.39, 0.29) is 5.91 Å². The smallest absolute Gasteiger partial charge is 0.224 e. The van der Waals surface area contributed by atoms with Crippen LogP contribution >= 0.6 is 0 Å². The Hall–Kier alpha value is -2.01. The van der Waals surface area contributed by atoms with Crippen molar-refractivity contribution in [2.24, 2.45) is 0 Å². The van der Waals surface area contributed by atoms with E-state index in [0.29, 0.717) is 31.9 Å². The molecule has 0 spiro atoms. The molecule has 5 heteroatoms. The lowest BCUT2D eigenvalue weighted by Gasteiger charge is -2.19. The molecule has 0 aliphatic carbocycles. The normalized spacial score (nSPS) is 13.5. The third kappa shape index (κ3) is 3.74. The average molecular weight is 275 g/mol. The van der Waals surface area contributed by atoms with Crippen LogP contribution in [0.2, 0.25) is 0 Å². The summed E-state index contributed by atoms with van der Waals surface area (Å²) in [5.41, 5.74) is 9.49. The topological polar surface area (TPSA) is 76.4 Å². The fourth-order valence-electron chi connectivity index (χ4n) is 2.13. The van der Waals surface area contributed by atoms with Crippen LogP contribution in [0.5, 0.6) is 0 Å². The number of amides is 1. The van der Waals surface area contributed by atoms with Crippen molar-refractivity contribution >= 4 is 23.0 Å². The molecule has 1 aliphatic heterocycles. The van der Waals surface area contributed by atoms with Crippen LogP contribution in [-0.2, 0) is 16.0 Å². The van der Waals surface area contributed by atoms with E-state index in [0.717, 1.165) is 29.8 Å². The molecule has 1 amide bonds. The van der Waals surface area contributed by atoms with E-state index in [1.54, 1.807) is 0 Å². The molecule has 0 radical (unpaired) electrons. The minimum atomic E-state index is 0.0565. The Balaban J connectivity index is 1.90. The quantitative estimate of drug-likeness (QED) is 0.405. The molecular weight excluding hydrogens is 254 g/mol. The SMILES string of the molecule is C=CCCOCCNc1cc2c(cc1N)CCC(=O)N2. The number of hydrogen-bond donors (Lipinski definition) is 3. The fraction of sp³-hybridized carbons (Fsp3) is 0.400. The monoisotopic (exact) mass is 275 g/mol. The van der Waals surface area contributed by atoms with E-state index < -0.39 is 0 Å². The van der Waals surface area contributed by atoms with Crippen molar-refractivity contribution in [3.8, 4) is 0 Å². The molecule has 108 valence electrons. The second-order valence-electron chi connectivity index (χ2n) is 4.76. The van der Waals surface area contributed by atoms with Gasteiger partial charge in [-0.1, -0.05) is 6.08 Å². The maximum atomic E-state index is 11.4. The van der Waals surface area contributed by atoms with E-state index in [2.05, 4.69) is 17.2 Å². The van der Waals surface area contributed by atoms with Gasteiger partial charge in [-0.15, -0.1) is 6.58 Å². The van der Waals surface area contributed by atoms with Gasteiger partial charge in [0.15, 0.2) is 0 Å². The number of ether oxygens (including phenoxy) is 1. The molecule has 0 atom stereocenters. The summed E-state index contributed by atoms with van der Waals surface area (Å²) >= 11 is 0. The van der Waals surface area contributed by atoms with Gasteiger partial charge in [0.1, 0.15) is 0 Å². The standard InChI is InChI=1S/C15H21N3O2/c1-2-3-7-20-8-6-17-14-10-13-11(9-12(14)16)4-5-15(19)18-13/h2,9-10,17H,1,3-8,16H2,(H,18,19). The van der Waals surface area contributed by atoms with Crippen LogP contribution in [0.15, 0.2) is 24.8 Å². The van der Waals surface area contributed by atoms with E-state index in [9.17, 15) is 4.79 Å². The van der Waals surface area contributed by atoms with Crippen molar-refractivity contribution < 1.29 is 9.53 Å². The largest absolute Gasteiger partial charge is 0.397 e. The number of rotatable bonds is 7. The predicted molar refractivity (Wildman–Crippen MR) is 81.9 cm³/mol. The molecule has 0 saturated heterocycles. The first kappa shape index (κ1) is 14.4. The molecule has 0 bridgehead atoms. The zero-order valence-electron chi connectivity index (χ0n) is 11.6. The second kappa shape index (κ2) is 6.96. The van der Waals surface area contributed by atoms with Crippen LogP contribution in [0.25, 0.3) is 0 Å². The minimum Gasteiger partial charge on any atom is -0.397 e. The van der Waals surface area contributed by atoms with Gasteiger partial charge in [-0.25, -0.2) is 0 Å². The molecule has 1 aromatic rings. The number of aryl methyl sites for hydroxylation is 1. The van der Waals surface area contributed by atoms with Crippen molar-refractivity contribution in [3.63, 3.8) is 0 Å². The molecule has 1 heterocycles. The average Bonchev–Trinajstić information content (AvgIpc) is 2.43. The number of hydrogen-bond acceptors (Lipinski definition) is 4. The molecule has 0 unspecified atom stereocenters. The van der Waals surface area contributed by atoms with Crippen LogP contribution in [0.3, 0.4) is 0 Å². The zero-order chi connectivity index (χ0) is 14.4. The van der Waals surface area contributed by atoms with Crippen molar-refractivity contribution in [2.45, 2.75) is 19.3 Å². The van der Waals surface area contributed by atoms with Crippen molar-refractivity contribution in [1.29, 1.82) is 0 Å². The first-order valence-electron chi connectivity index (χ1n) is 6.85. The zero-order valence-corrected chi connectivity index (χ0v) is 11.6. The fourth-order valence-corrected chi connectivity index (χ4v) is 2.13. The predicted octanol–water partition coefficient (Wildman–Crippen LogP) is 2.16. The van der Waals surface area contributed by atoms with E-state index in [1.165, 1.54) is 0 Å². The first-order valence-corrected chi connectivity index (χ1v) is 6.85. The Morgan fingerprint density at radius 1 is 1.40 bits per heavy atom. The van der Waals surface area contributed by atoms with Gasteiger partial charge in [0.2, 0.25) is 5.91 Å². The van der Waals surface area contributed by atoms with Crippen LogP contribution in [-0.4, -0.2) is 25.7 Å². The molecule has 0 saturated carbocycles. The van der Waals surface area contributed by atoms with Crippen LogP contribution in [0, 0.1) is 0 Å². The summed E-state index contributed by atoms with van der Waals surface area (Å²) in [7, 11) is 0. The third-order valence-electron chi connectivity index (χ3n) is 3.20. The second-order valence-corrected chi connectivity index (χ2v) is 4.76. The summed E-state index contributed by atoms with van der Waals surface area (Å²) in [5, 5.41) is 6.10. The Bertz CT molecular complexity index is 500. The summed E-state index contributed by atoms with van der Waals surface area (Å²) in [5.74, 6) is 0.0565. The third-order valence-corrected chi connectivity index (χ3v) is 3.20. The highest BCUT2D eigenvalue weighted by atomic mass is 16.5. The molecule has 5 nitrogen and oxygen atoms in total. The molecule has 2 rings (SSSR count). The highest BCUT2D eigenvalue weighted by Gasteiger charge is 2.16. The molecule has 20 heavy (non-hydrogen) atoms. The Kier molecular flexibility index (Phi) is 5.01. The number of carbonyl (C=O) groups is 1. The number of nitrogen functional groups attached to an aromatic ring is 1. The number of fused-ring (bicyclic) bond motifs is 1. The Morgan fingerprint density at radius 2 is 2.25 bits per heavy atom. The summed E-state index contributed by atoms with van der Waals surface area (Å²) < 4.78 is 5.42. The minimum absolute atomic E-state index is 0.0565. The van der Waals surface area contributed by atoms with Gasteiger partial charge >= 0.3 is 0 Å². The summed E-state index contributed by atoms with van der Waals surface area (Å²) in [6.07, 6.45) is 3.96. The number of carbonyl (C=O) groups excluding carboxylic acids is 1. The van der Waals surface area contributed by atoms with Gasteiger partial charge in [-0.3, -0.25) is 4.79 Å². The highest BCUT2D eigenvalue weighted by Crippen LogP contribution is 2.30. The Labute approximate surface area is 119 Å². The van der Waals surface area contributed by atoms with Gasteiger partial charge in [-0.05, 0) is 30.5 Å². The summed E-state index contributed by atoms with van der Waals surface area (Å²) in [6, 6.07) is 3.82. The maximum absolute atomic E-state index is 11.4. The van der Waals surface area contributed by atoms with E-state index in [4.69, 9.17) is 10.5 Å². The summed E-state index contributed by atoms with van der Waals surface area (Å²) in [4.78, 5) is 11.4. The number of benzene rings is 1.